The molecule has 0 radical (unpaired) electrons. The Kier molecular flexibility index (Phi) is 37.9. The number of aliphatic hydroxyl groups is 7. The Morgan fingerprint density at radius 1 is 0.557 bits per heavy atom. The van der Waals surface area contributed by atoms with Gasteiger partial charge in [-0.2, -0.15) is 0 Å². The van der Waals surface area contributed by atoms with Gasteiger partial charge in [-0.25, -0.2) is 0 Å². The number of unbranched alkanes of at least 4 members (excludes halogenated alkanes) is 26. The maximum Gasteiger partial charge on any atom is 0.249 e. The van der Waals surface area contributed by atoms with Crippen LogP contribution < -0.4 is 5.32 Å². The second-order valence-electron chi connectivity index (χ2n) is 17.9. The Labute approximate surface area is 372 Å². The maximum absolute atomic E-state index is 13.1. The van der Waals surface area contributed by atoms with Gasteiger partial charge in [-0.3, -0.25) is 4.79 Å². The van der Waals surface area contributed by atoms with Gasteiger partial charge in [-0.05, 0) is 64.2 Å². The lowest BCUT2D eigenvalue weighted by atomic mass is 9.98. The lowest BCUT2D eigenvalue weighted by Gasteiger charge is -2.40. The predicted octanol–water partition coefficient (Wildman–Crippen LogP) is 9.01. The van der Waals surface area contributed by atoms with Crippen LogP contribution in [0.5, 0.6) is 0 Å². The topological polar surface area (TPSA) is 189 Å². The molecule has 1 amide bonds. The first-order valence-electron chi connectivity index (χ1n) is 25.2. The molecule has 8 N–H and O–H groups in total. The normalized spacial score (nSPS) is 21.6. The molecule has 0 aliphatic carbocycles. The highest BCUT2D eigenvalue weighted by molar-refractivity contribution is 5.80. The first-order valence-corrected chi connectivity index (χ1v) is 25.2. The summed E-state index contributed by atoms with van der Waals surface area (Å²) >= 11 is 0. The van der Waals surface area contributed by atoms with E-state index in [1.165, 1.54) is 122 Å². The molecule has 0 saturated carbocycles. The highest BCUT2D eigenvalue weighted by Crippen LogP contribution is 2.23. The molecule has 1 saturated heterocycles. The molecule has 9 atom stereocenters. The number of nitrogens with one attached hydrogen (secondary N) is 1. The second-order valence-corrected chi connectivity index (χ2v) is 17.9. The Balaban J connectivity index is 2.42. The average molecular weight is 870 g/mol. The van der Waals surface area contributed by atoms with Gasteiger partial charge in [0.1, 0.15) is 36.6 Å². The molecular weight excluding hydrogens is 775 g/mol. The van der Waals surface area contributed by atoms with E-state index in [1.807, 2.05) is 0 Å². The fraction of sp³-hybridized carbons (Fsp3) is 0.900. The zero-order valence-electron chi connectivity index (χ0n) is 38.9. The molecular formula is C50H95NO10. The van der Waals surface area contributed by atoms with Gasteiger partial charge in [0.25, 0.3) is 0 Å². The van der Waals surface area contributed by atoms with Crippen molar-refractivity contribution >= 4 is 5.91 Å². The van der Waals surface area contributed by atoms with Gasteiger partial charge in [0.05, 0.1) is 25.4 Å². The van der Waals surface area contributed by atoms with Gasteiger partial charge in [0, 0.05) is 0 Å². The molecule has 0 aromatic rings. The minimum atomic E-state index is -1.67. The molecule has 1 aliphatic heterocycles. The Morgan fingerprint density at radius 2 is 0.967 bits per heavy atom. The van der Waals surface area contributed by atoms with E-state index in [0.29, 0.717) is 12.8 Å². The molecule has 0 aromatic carbocycles. The van der Waals surface area contributed by atoms with Crippen LogP contribution in [0.3, 0.4) is 0 Å². The number of hydrogen-bond donors (Lipinski definition) is 8. The number of aliphatic hydroxyl groups excluding tert-OH is 7. The van der Waals surface area contributed by atoms with Gasteiger partial charge in [0.15, 0.2) is 6.29 Å². The molecule has 0 aromatic heterocycles. The van der Waals surface area contributed by atoms with Crippen molar-refractivity contribution in [3.05, 3.63) is 24.3 Å². The summed E-state index contributed by atoms with van der Waals surface area (Å²) < 4.78 is 11.1. The molecule has 1 fully saturated rings. The molecule has 1 heterocycles. The van der Waals surface area contributed by atoms with Crippen LogP contribution >= 0.6 is 0 Å². The van der Waals surface area contributed by atoms with Gasteiger partial charge in [-0.1, -0.05) is 179 Å². The average Bonchev–Trinajstić information content (AvgIpc) is 3.26. The molecule has 1 rings (SSSR count). The lowest BCUT2D eigenvalue weighted by molar-refractivity contribution is -0.303. The quantitative estimate of drug-likeness (QED) is 0.0217. The lowest BCUT2D eigenvalue weighted by Crippen LogP contribution is -2.60. The van der Waals surface area contributed by atoms with Crippen LogP contribution in [-0.4, -0.2) is 110 Å². The van der Waals surface area contributed by atoms with Crippen LogP contribution in [0.2, 0.25) is 0 Å². The Bertz CT molecular complexity index is 1040. The van der Waals surface area contributed by atoms with E-state index in [9.17, 15) is 40.5 Å². The van der Waals surface area contributed by atoms with E-state index < -0.39 is 74.2 Å². The van der Waals surface area contributed by atoms with Crippen molar-refractivity contribution in [1.29, 1.82) is 0 Å². The monoisotopic (exact) mass is 870 g/mol. The van der Waals surface area contributed by atoms with E-state index in [2.05, 4.69) is 43.5 Å². The van der Waals surface area contributed by atoms with Crippen LogP contribution in [0.15, 0.2) is 24.3 Å². The number of carbonyl (C=O) groups is 1. The van der Waals surface area contributed by atoms with Crippen molar-refractivity contribution < 1.29 is 50.0 Å². The summed E-state index contributed by atoms with van der Waals surface area (Å²) in [5.41, 5.74) is 0. The van der Waals surface area contributed by atoms with Crippen molar-refractivity contribution in [2.75, 3.05) is 13.2 Å². The highest BCUT2D eigenvalue weighted by atomic mass is 16.7. The SMILES string of the molecule is CCCCCCCCCCC/C=C\CCCCCCCCC(O)C(=O)NC(COC1OC(CO)C(O)C(O)C1O)C(O)C(O)CCC/C=C/CCCCCCCCCCCC. The number of amides is 1. The van der Waals surface area contributed by atoms with E-state index in [0.717, 1.165) is 57.8 Å². The summed E-state index contributed by atoms with van der Waals surface area (Å²) in [6.45, 7) is 3.43. The van der Waals surface area contributed by atoms with E-state index in [1.54, 1.807) is 0 Å². The zero-order chi connectivity index (χ0) is 44.8. The van der Waals surface area contributed by atoms with E-state index >= 15 is 0 Å². The molecule has 9 unspecified atom stereocenters. The summed E-state index contributed by atoms with van der Waals surface area (Å²) in [7, 11) is 0. The summed E-state index contributed by atoms with van der Waals surface area (Å²) in [6.07, 6.45) is 33.7. The van der Waals surface area contributed by atoms with Crippen LogP contribution in [0.25, 0.3) is 0 Å². The van der Waals surface area contributed by atoms with E-state index in [4.69, 9.17) is 9.47 Å². The number of allylic oxidation sites excluding steroid dienone is 4. The first kappa shape index (κ1) is 57.6. The predicted molar refractivity (Wildman–Crippen MR) is 247 cm³/mol. The largest absolute Gasteiger partial charge is 0.394 e. The number of hydrogen-bond acceptors (Lipinski definition) is 10. The standard InChI is InChI=1S/C50H95NO10/c1-3-5-7-9-11-13-15-17-19-20-21-22-24-26-28-30-32-34-36-38-43(54)49(59)51-41(40-60-50-48(58)47(57)46(56)44(39-52)61-50)45(55)42(53)37-35-33-31-29-27-25-23-18-16-14-12-10-8-6-4-2/h21-22,29,31,41-48,50,52-58H,3-20,23-28,30,32-40H2,1-2H3,(H,51,59)/b22-21-,31-29+. The molecule has 360 valence electrons. The fourth-order valence-corrected chi connectivity index (χ4v) is 8.02. The van der Waals surface area contributed by atoms with Gasteiger partial charge in [-0.15, -0.1) is 0 Å². The van der Waals surface area contributed by atoms with Crippen molar-refractivity contribution in [3.8, 4) is 0 Å². The first-order chi connectivity index (χ1) is 29.7. The molecule has 0 bridgehead atoms. The van der Waals surface area contributed by atoms with Crippen LogP contribution in [-0.2, 0) is 14.3 Å². The Morgan fingerprint density at radius 3 is 1.41 bits per heavy atom. The third kappa shape index (κ3) is 29.6. The van der Waals surface area contributed by atoms with E-state index in [-0.39, 0.29) is 12.8 Å². The summed E-state index contributed by atoms with van der Waals surface area (Å²) in [5, 5.41) is 75.8. The third-order valence-electron chi connectivity index (χ3n) is 12.2. The minimum absolute atomic E-state index is 0.248. The van der Waals surface area contributed by atoms with Crippen molar-refractivity contribution in [1.82, 2.24) is 5.32 Å². The fourth-order valence-electron chi connectivity index (χ4n) is 8.02. The molecule has 61 heavy (non-hydrogen) atoms. The van der Waals surface area contributed by atoms with Crippen molar-refractivity contribution in [2.24, 2.45) is 0 Å². The Hall–Kier alpha value is -1.41. The smallest absolute Gasteiger partial charge is 0.249 e. The van der Waals surface area contributed by atoms with Gasteiger partial charge >= 0.3 is 0 Å². The van der Waals surface area contributed by atoms with Crippen molar-refractivity contribution in [3.63, 3.8) is 0 Å². The van der Waals surface area contributed by atoms with Gasteiger partial charge in [0.2, 0.25) is 5.91 Å². The third-order valence-corrected chi connectivity index (χ3v) is 12.2. The minimum Gasteiger partial charge on any atom is -0.394 e. The molecule has 0 spiro atoms. The van der Waals surface area contributed by atoms with Crippen LogP contribution in [0.4, 0.5) is 0 Å². The molecule has 11 heteroatoms. The molecule has 1 aliphatic rings. The van der Waals surface area contributed by atoms with Gasteiger partial charge < -0.3 is 50.5 Å². The zero-order valence-corrected chi connectivity index (χ0v) is 38.9. The number of rotatable bonds is 42. The number of ether oxygens (including phenoxy) is 2. The second kappa shape index (κ2) is 40.1. The maximum atomic E-state index is 13.1. The van der Waals surface area contributed by atoms with Crippen molar-refractivity contribution in [2.45, 2.75) is 274 Å². The highest BCUT2D eigenvalue weighted by Gasteiger charge is 2.44. The summed E-state index contributed by atoms with van der Waals surface area (Å²) in [6, 6.07) is -1.18. The molecule has 11 nitrogen and oxygen atoms in total. The van der Waals surface area contributed by atoms with Crippen LogP contribution in [0.1, 0.15) is 219 Å². The van der Waals surface area contributed by atoms with Crippen LogP contribution in [0, 0.1) is 0 Å². The summed E-state index contributed by atoms with van der Waals surface area (Å²) in [5.74, 6) is -0.710. The number of carbonyl (C=O) groups excluding carboxylic acids is 1. The summed E-state index contributed by atoms with van der Waals surface area (Å²) in [4.78, 5) is 13.1.